The Morgan fingerprint density at radius 3 is 2.50 bits per heavy atom. The first-order valence-corrected chi connectivity index (χ1v) is 5.59. The number of nitrogens with zero attached hydrogens (tertiary/aromatic N) is 1. The summed E-state index contributed by atoms with van der Waals surface area (Å²) in [6.45, 7) is 0. The number of ether oxygens (including phenoxy) is 2. The Morgan fingerprint density at radius 1 is 1.25 bits per heavy atom. The van der Waals surface area contributed by atoms with E-state index in [0.29, 0.717) is 5.75 Å². The summed E-state index contributed by atoms with van der Waals surface area (Å²) in [4.78, 5) is 35.2. The summed E-state index contributed by atoms with van der Waals surface area (Å²) in [5.41, 5.74) is 2.46. The van der Waals surface area contributed by atoms with Crippen LogP contribution in [0.5, 0.6) is 5.75 Å². The van der Waals surface area contributed by atoms with Crippen LogP contribution in [0.2, 0.25) is 0 Å². The van der Waals surface area contributed by atoms with Crippen molar-refractivity contribution in [3.05, 3.63) is 29.3 Å². The zero-order valence-electron chi connectivity index (χ0n) is 10.7. The van der Waals surface area contributed by atoms with Gasteiger partial charge in [0.25, 0.3) is 0 Å². The van der Waals surface area contributed by atoms with E-state index >= 15 is 0 Å². The molecule has 0 aliphatic heterocycles. The summed E-state index contributed by atoms with van der Waals surface area (Å²) in [6.07, 6.45) is -1.14. The molecule has 1 aromatic carbocycles. The highest BCUT2D eigenvalue weighted by Gasteiger charge is 2.40. The lowest BCUT2D eigenvalue weighted by Gasteiger charge is -2.17. The van der Waals surface area contributed by atoms with Crippen molar-refractivity contribution in [2.45, 2.75) is 6.04 Å². The van der Waals surface area contributed by atoms with Crippen molar-refractivity contribution in [2.75, 3.05) is 14.2 Å². The molecule has 1 aromatic rings. The van der Waals surface area contributed by atoms with Crippen LogP contribution in [0.4, 0.5) is 4.79 Å². The van der Waals surface area contributed by atoms with Gasteiger partial charge in [-0.2, -0.15) is 5.43 Å². The Balaban J connectivity index is 2.26. The molecular formula is C12H12N2O6. The molecule has 1 unspecified atom stereocenters. The zero-order valence-corrected chi connectivity index (χ0v) is 10.7. The van der Waals surface area contributed by atoms with Crippen molar-refractivity contribution in [1.29, 1.82) is 0 Å². The maximum absolute atomic E-state index is 12.1. The van der Waals surface area contributed by atoms with Gasteiger partial charge in [0, 0.05) is 11.1 Å². The van der Waals surface area contributed by atoms with Gasteiger partial charge in [-0.25, -0.2) is 4.79 Å². The second-order valence-electron chi connectivity index (χ2n) is 3.98. The number of carbonyl (C=O) groups excluding carboxylic acids is 3. The van der Waals surface area contributed by atoms with Gasteiger partial charge in [-0.3, -0.25) is 14.8 Å². The fourth-order valence-electron chi connectivity index (χ4n) is 1.88. The van der Waals surface area contributed by atoms with Gasteiger partial charge in [0.1, 0.15) is 5.75 Å². The van der Waals surface area contributed by atoms with Crippen LogP contribution in [0.1, 0.15) is 20.7 Å². The smallest absolute Gasteiger partial charge is 0.449 e. The molecule has 0 fully saturated rings. The fourth-order valence-corrected chi connectivity index (χ4v) is 1.88. The molecule has 1 aliphatic carbocycles. The van der Waals surface area contributed by atoms with Gasteiger partial charge < -0.3 is 9.47 Å². The second kappa shape index (κ2) is 5.27. The number of nitrogens with one attached hydrogen (secondary N) is 1. The SMILES string of the molecule is COC(=O)N(O)NC1C(=O)c2ccc(OC)cc2C1=O. The predicted octanol–water partition coefficient (Wildman–Crippen LogP) is 0.405. The van der Waals surface area contributed by atoms with Crippen LogP contribution < -0.4 is 10.2 Å². The molecule has 1 amide bonds. The molecule has 1 aliphatic rings. The van der Waals surface area contributed by atoms with Crippen molar-refractivity contribution < 1.29 is 29.1 Å². The number of hydrogen-bond acceptors (Lipinski definition) is 7. The summed E-state index contributed by atoms with van der Waals surface area (Å²) in [7, 11) is 2.48. The highest BCUT2D eigenvalue weighted by atomic mass is 16.6. The van der Waals surface area contributed by atoms with Crippen LogP contribution in [0.15, 0.2) is 18.2 Å². The number of hydroxylamine groups is 1. The molecule has 0 heterocycles. The summed E-state index contributed by atoms with van der Waals surface area (Å²) < 4.78 is 9.22. The summed E-state index contributed by atoms with van der Waals surface area (Å²) >= 11 is 0. The first kappa shape index (κ1) is 14.0. The third-order valence-electron chi connectivity index (χ3n) is 2.88. The Morgan fingerprint density at radius 2 is 1.90 bits per heavy atom. The van der Waals surface area contributed by atoms with Gasteiger partial charge in [0.2, 0.25) is 0 Å². The maximum Gasteiger partial charge on any atom is 0.449 e. The molecule has 0 bridgehead atoms. The first-order chi connectivity index (χ1) is 9.49. The minimum absolute atomic E-state index is 0.0381. The number of carbonyl (C=O) groups is 3. The summed E-state index contributed by atoms with van der Waals surface area (Å²) in [5, 5.41) is 9.27. The average molecular weight is 280 g/mol. The van der Waals surface area contributed by atoms with E-state index in [2.05, 4.69) is 10.2 Å². The molecule has 8 heteroatoms. The Bertz CT molecular complexity index is 585. The number of ketones is 2. The number of methoxy groups -OCH3 is 2. The minimum Gasteiger partial charge on any atom is -0.497 e. The maximum atomic E-state index is 12.1. The Labute approximate surface area is 113 Å². The third kappa shape index (κ3) is 2.22. The van der Waals surface area contributed by atoms with Gasteiger partial charge in [0.15, 0.2) is 17.6 Å². The molecule has 0 spiro atoms. The van der Waals surface area contributed by atoms with E-state index in [0.717, 1.165) is 7.11 Å². The highest BCUT2D eigenvalue weighted by Crippen LogP contribution is 2.26. The normalized spacial score (nSPS) is 16.9. The van der Waals surface area contributed by atoms with Crippen molar-refractivity contribution in [3.63, 3.8) is 0 Å². The summed E-state index contributed by atoms with van der Waals surface area (Å²) in [6, 6.07) is 3.05. The summed E-state index contributed by atoms with van der Waals surface area (Å²) in [5.74, 6) is -0.679. The molecule has 1 atom stereocenters. The molecule has 2 N–H and O–H groups in total. The van der Waals surface area contributed by atoms with Gasteiger partial charge in [0.05, 0.1) is 14.2 Å². The van der Waals surface area contributed by atoms with Gasteiger partial charge >= 0.3 is 6.09 Å². The van der Waals surface area contributed by atoms with Crippen LogP contribution >= 0.6 is 0 Å². The number of Topliss-reactive ketones (excluding diaryl/α,β-unsaturated/α-hetero) is 2. The van der Waals surface area contributed by atoms with Crippen molar-refractivity contribution >= 4 is 17.7 Å². The van der Waals surface area contributed by atoms with Crippen LogP contribution in [-0.2, 0) is 4.74 Å². The first-order valence-electron chi connectivity index (χ1n) is 5.59. The highest BCUT2D eigenvalue weighted by molar-refractivity contribution is 6.29. The predicted molar refractivity (Wildman–Crippen MR) is 64.6 cm³/mol. The lowest BCUT2D eigenvalue weighted by atomic mass is 10.1. The molecule has 0 aromatic heterocycles. The van der Waals surface area contributed by atoms with E-state index in [1.165, 1.54) is 19.2 Å². The second-order valence-corrected chi connectivity index (χ2v) is 3.98. The van der Waals surface area contributed by atoms with Crippen molar-refractivity contribution in [1.82, 2.24) is 10.6 Å². The Kier molecular flexibility index (Phi) is 3.68. The van der Waals surface area contributed by atoms with Gasteiger partial charge in [-0.1, -0.05) is 0 Å². The Hall–Kier alpha value is -2.45. The molecule has 0 saturated carbocycles. The minimum atomic E-state index is -1.37. The molecule has 0 saturated heterocycles. The molecule has 2 rings (SSSR count). The molecule has 0 radical (unpaired) electrons. The van der Waals surface area contributed by atoms with Gasteiger partial charge in [-0.15, -0.1) is 5.17 Å². The van der Waals surface area contributed by atoms with Gasteiger partial charge in [-0.05, 0) is 18.2 Å². The van der Waals surface area contributed by atoms with Crippen LogP contribution in [-0.4, -0.2) is 48.3 Å². The quantitative estimate of drug-likeness (QED) is 0.469. The van der Waals surface area contributed by atoms with E-state index in [9.17, 15) is 19.6 Å². The number of amides is 1. The lowest BCUT2D eigenvalue weighted by Crippen LogP contribution is -2.50. The van der Waals surface area contributed by atoms with E-state index in [-0.39, 0.29) is 16.3 Å². The van der Waals surface area contributed by atoms with Crippen LogP contribution in [0.3, 0.4) is 0 Å². The van der Waals surface area contributed by atoms with E-state index in [1.807, 2.05) is 0 Å². The van der Waals surface area contributed by atoms with Crippen molar-refractivity contribution in [3.8, 4) is 5.75 Å². The molecule has 20 heavy (non-hydrogen) atoms. The number of benzene rings is 1. The van der Waals surface area contributed by atoms with Crippen LogP contribution in [0.25, 0.3) is 0 Å². The standard InChI is InChI=1S/C12H12N2O6/c1-19-6-3-4-7-8(5-6)11(16)9(10(7)15)13-14(18)12(17)20-2/h3-5,9,13,18H,1-2H3. The van der Waals surface area contributed by atoms with E-state index < -0.39 is 23.7 Å². The molecular weight excluding hydrogens is 268 g/mol. The van der Waals surface area contributed by atoms with E-state index in [1.54, 1.807) is 6.07 Å². The molecule has 106 valence electrons. The number of rotatable bonds is 3. The molecule has 8 nitrogen and oxygen atoms in total. The topological polar surface area (TPSA) is 105 Å². The average Bonchev–Trinajstić information content (AvgIpc) is 2.70. The largest absolute Gasteiger partial charge is 0.497 e. The fraction of sp³-hybridized carbons (Fsp3) is 0.250. The number of fused-ring (bicyclic) bond motifs is 1. The number of hydrogen-bond donors (Lipinski definition) is 2. The van der Waals surface area contributed by atoms with Crippen LogP contribution in [0, 0.1) is 0 Å². The lowest BCUT2D eigenvalue weighted by molar-refractivity contribution is -0.112. The monoisotopic (exact) mass is 280 g/mol. The third-order valence-corrected chi connectivity index (χ3v) is 2.88. The van der Waals surface area contributed by atoms with Crippen molar-refractivity contribution in [2.24, 2.45) is 0 Å². The number of hydrazine groups is 1. The van der Waals surface area contributed by atoms with E-state index in [4.69, 9.17) is 4.74 Å². The zero-order chi connectivity index (χ0) is 14.9.